The topological polar surface area (TPSA) is 152 Å². The van der Waals surface area contributed by atoms with Gasteiger partial charge in [0, 0.05) is 26.2 Å². The number of hydrogen-bond donors (Lipinski definition) is 4. The number of aliphatic hydroxyl groups is 2. The summed E-state index contributed by atoms with van der Waals surface area (Å²) < 4.78 is 10.8. The summed E-state index contributed by atoms with van der Waals surface area (Å²) in [7, 11) is 0. The van der Waals surface area contributed by atoms with Crippen LogP contribution in [0, 0.1) is 0 Å². The fraction of sp³-hybridized carbons (Fsp3) is 0.857. The third-order valence-electron chi connectivity index (χ3n) is 3.07. The summed E-state index contributed by atoms with van der Waals surface area (Å²) in [5.74, 6) is -0.898. The highest BCUT2D eigenvalue weighted by Crippen LogP contribution is 1.90. The molecular weight excluding hydrogens is 320 g/mol. The molecule has 0 atom stereocenters. The molecule has 142 valence electrons. The van der Waals surface area contributed by atoms with E-state index in [1.54, 1.807) is 9.80 Å². The van der Waals surface area contributed by atoms with Crippen LogP contribution in [0.2, 0.25) is 0 Å². The molecule has 0 aromatic rings. The Morgan fingerprint density at radius 1 is 0.708 bits per heavy atom. The molecule has 0 aromatic carbocycles. The zero-order chi connectivity index (χ0) is 18.2. The van der Waals surface area contributed by atoms with Crippen LogP contribution in [0.25, 0.3) is 0 Å². The number of nitrogens with zero attached hydrogens (tertiary/aromatic N) is 2. The molecule has 0 aliphatic rings. The minimum atomic E-state index is -0.449. The van der Waals surface area contributed by atoms with Crippen LogP contribution < -0.4 is 11.5 Å². The van der Waals surface area contributed by atoms with Crippen LogP contribution in [-0.4, -0.2) is 111 Å². The zero-order valence-corrected chi connectivity index (χ0v) is 14.1. The second kappa shape index (κ2) is 15.2. The third kappa shape index (κ3) is 14.3. The van der Waals surface area contributed by atoms with Crippen molar-refractivity contribution in [3.8, 4) is 0 Å². The predicted octanol–water partition coefficient (Wildman–Crippen LogP) is -3.42. The van der Waals surface area contributed by atoms with Crippen LogP contribution in [0.3, 0.4) is 0 Å². The lowest BCUT2D eigenvalue weighted by Gasteiger charge is -2.20. The van der Waals surface area contributed by atoms with Crippen molar-refractivity contribution in [2.75, 3.05) is 78.9 Å². The van der Waals surface area contributed by atoms with Gasteiger partial charge in [-0.2, -0.15) is 0 Å². The summed E-state index contributed by atoms with van der Waals surface area (Å²) >= 11 is 0. The first-order valence-electron chi connectivity index (χ1n) is 7.88. The molecule has 0 bridgehead atoms. The van der Waals surface area contributed by atoms with E-state index in [0.717, 1.165) is 0 Å². The average molecular weight is 350 g/mol. The highest BCUT2D eigenvalue weighted by molar-refractivity contribution is 5.76. The van der Waals surface area contributed by atoms with Crippen LogP contribution in [-0.2, 0) is 19.1 Å². The fourth-order valence-corrected chi connectivity index (χ4v) is 1.97. The molecule has 0 aromatic heterocycles. The summed E-state index contributed by atoms with van der Waals surface area (Å²) in [4.78, 5) is 25.1. The zero-order valence-electron chi connectivity index (χ0n) is 14.1. The van der Waals surface area contributed by atoms with Gasteiger partial charge in [-0.05, 0) is 0 Å². The molecule has 2 amide bonds. The van der Waals surface area contributed by atoms with Crippen molar-refractivity contribution in [2.45, 2.75) is 0 Å². The number of nitrogens with two attached hydrogens (primary N) is 2. The Balaban J connectivity index is 3.64. The molecule has 0 saturated carbocycles. The molecule has 0 unspecified atom stereocenters. The van der Waals surface area contributed by atoms with Gasteiger partial charge in [0.15, 0.2) is 0 Å². The van der Waals surface area contributed by atoms with E-state index in [-0.39, 0.29) is 26.3 Å². The minimum Gasteiger partial charge on any atom is -0.395 e. The molecule has 0 aliphatic carbocycles. The van der Waals surface area contributed by atoms with E-state index in [1.807, 2.05) is 0 Å². The first-order chi connectivity index (χ1) is 11.5. The van der Waals surface area contributed by atoms with Gasteiger partial charge in [-0.3, -0.25) is 19.4 Å². The fourth-order valence-electron chi connectivity index (χ4n) is 1.97. The normalized spacial score (nSPS) is 11.3. The second-order valence-electron chi connectivity index (χ2n) is 5.16. The Labute approximate surface area is 142 Å². The second-order valence-corrected chi connectivity index (χ2v) is 5.16. The van der Waals surface area contributed by atoms with Gasteiger partial charge in [0.2, 0.25) is 11.8 Å². The minimum absolute atomic E-state index is 0.0496. The molecule has 10 heteroatoms. The smallest absolute Gasteiger partial charge is 0.231 e. The molecule has 0 radical (unpaired) electrons. The Morgan fingerprint density at radius 3 is 1.38 bits per heavy atom. The largest absolute Gasteiger partial charge is 0.395 e. The summed E-state index contributed by atoms with van der Waals surface area (Å²) in [5, 5.41) is 17.8. The van der Waals surface area contributed by atoms with Crippen LogP contribution in [0.15, 0.2) is 0 Å². The van der Waals surface area contributed by atoms with Crippen molar-refractivity contribution in [2.24, 2.45) is 11.5 Å². The van der Waals surface area contributed by atoms with E-state index in [2.05, 4.69) is 0 Å². The lowest BCUT2D eigenvalue weighted by molar-refractivity contribution is -0.120. The van der Waals surface area contributed by atoms with Gasteiger partial charge in [0.05, 0.1) is 52.7 Å². The number of primary amides is 2. The first-order valence-corrected chi connectivity index (χ1v) is 7.88. The maximum absolute atomic E-state index is 10.8. The molecule has 0 fully saturated rings. The van der Waals surface area contributed by atoms with E-state index < -0.39 is 11.8 Å². The Kier molecular flexibility index (Phi) is 14.4. The Bertz CT molecular complexity index is 313. The molecule has 0 heterocycles. The lowest BCUT2D eigenvalue weighted by Crippen LogP contribution is -2.38. The maximum Gasteiger partial charge on any atom is 0.231 e. The molecule has 0 saturated heterocycles. The molecule has 0 aliphatic heterocycles. The van der Waals surface area contributed by atoms with Crippen molar-refractivity contribution in [1.29, 1.82) is 0 Å². The monoisotopic (exact) mass is 350 g/mol. The van der Waals surface area contributed by atoms with Gasteiger partial charge < -0.3 is 31.2 Å². The molecule has 0 rings (SSSR count). The van der Waals surface area contributed by atoms with Crippen molar-refractivity contribution in [3.63, 3.8) is 0 Å². The van der Waals surface area contributed by atoms with E-state index in [4.69, 9.17) is 31.2 Å². The number of hydrogen-bond acceptors (Lipinski definition) is 8. The SMILES string of the molecule is NC(=O)CN(CCO)CCOCCOCCN(CCO)CC(N)=O. The number of carbonyl (C=O) groups is 2. The Hall–Kier alpha value is -1.30. The maximum atomic E-state index is 10.8. The van der Waals surface area contributed by atoms with E-state index >= 15 is 0 Å². The van der Waals surface area contributed by atoms with E-state index in [0.29, 0.717) is 52.6 Å². The molecular formula is C14H30N4O6. The van der Waals surface area contributed by atoms with Gasteiger partial charge in [-0.1, -0.05) is 0 Å². The summed E-state index contributed by atoms with van der Waals surface area (Å²) in [6, 6.07) is 0. The van der Waals surface area contributed by atoms with Crippen LogP contribution in [0.4, 0.5) is 0 Å². The molecule has 24 heavy (non-hydrogen) atoms. The highest BCUT2D eigenvalue weighted by atomic mass is 16.5. The number of rotatable bonds is 17. The van der Waals surface area contributed by atoms with Crippen molar-refractivity contribution < 1.29 is 29.3 Å². The van der Waals surface area contributed by atoms with Gasteiger partial charge in [-0.25, -0.2) is 0 Å². The highest BCUT2D eigenvalue weighted by Gasteiger charge is 2.08. The molecule has 0 spiro atoms. The summed E-state index contributed by atoms with van der Waals surface area (Å²) in [6.45, 7) is 3.36. The predicted molar refractivity (Wildman–Crippen MR) is 87.1 cm³/mol. The van der Waals surface area contributed by atoms with Crippen LogP contribution >= 0.6 is 0 Å². The first kappa shape index (κ1) is 22.7. The van der Waals surface area contributed by atoms with Crippen LogP contribution in [0.5, 0.6) is 0 Å². The van der Waals surface area contributed by atoms with E-state index in [9.17, 15) is 9.59 Å². The van der Waals surface area contributed by atoms with Gasteiger partial charge in [-0.15, -0.1) is 0 Å². The summed E-state index contributed by atoms with van der Waals surface area (Å²) in [6.07, 6.45) is 0. The van der Waals surface area contributed by atoms with Crippen LogP contribution in [0.1, 0.15) is 0 Å². The van der Waals surface area contributed by atoms with Gasteiger partial charge in [0.1, 0.15) is 0 Å². The number of amides is 2. The van der Waals surface area contributed by atoms with Gasteiger partial charge >= 0.3 is 0 Å². The Morgan fingerprint density at radius 2 is 1.08 bits per heavy atom. The molecule has 10 nitrogen and oxygen atoms in total. The van der Waals surface area contributed by atoms with Crippen molar-refractivity contribution in [1.82, 2.24) is 9.80 Å². The third-order valence-corrected chi connectivity index (χ3v) is 3.07. The van der Waals surface area contributed by atoms with Crippen molar-refractivity contribution in [3.05, 3.63) is 0 Å². The van der Waals surface area contributed by atoms with E-state index in [1.165, 1.54) is 0 Å². The summed E-state index contributed by atoms with van der Waals surface area (Å²) in [5.41, 5.74) is 10.2. The average Bonchev–Trinajstić information content (AvgIpc) is 2.49. The lowest BCUT2D eigenvalue weighted by atomic mass is 10.4. The number of ether oxygens (including phenoxy) is 2. The number of carbonyl (C=O) groups excluding carboxylic acids is 2. The number of aliphatic hydroxyl groups excluding tert-OH is 2. The van der Waals surface area contributed by atoms with Gasteiger partial charge in [0.25, 0.3) is 0 Å². The van der Waals surface area contributed by atoms with Crippen molar-refractivity contribution >= 4 is 11.8 Å². The molecule has 6 N–H and O–H groups in total. The standard InChI is InChI=1S/C14H30N4O6/c15-13(21)11-17(1-5-19)3-7-23-9-10-24-8-4-18(2-6-20)12-14(16)22/h19-20H,1-12H2,(H2,15,21)(H2,16,22). The quantitative estimate of drug-likeness (QED) is 0.198.